The normalized spacial score (nSPS) is 16.7. The van der Waals surface area contributed by atoms with E-state index >= 15 is 0 Å². The van der Waals surface area contributed by atoms with E-state index in [-0.39, 0.29) is 12.2 Å². The van der Waals surface area contributed by atoms with Crippen LogP contribution in [0.3, 0.4) is 0 Å². The summed E-state index contributed by atoms with van der Waals surface area (Å²) in [4.78, 5) is 36.8. The number of esters is 2. The van der Waals surface area contributed by atoms with Crippen molar-refractivity contribution in [3.63, 3.8) is 0 Å². The largest absolute Gasteiger partial charge is 0.493 e. The fourth-order valence-electron chi connectivity index (χ4n) is 3.01. The van der Waals surface area contributed by atoms with Gasteiger partial charge < -0.3 is 34.3 Å². The quantitative estimate of drug-likeness (QED) is 0.609. The van der Waals surface area contributed by atoms with Crippen LogP contribution in [0.15, 0.2) is 23.4 Å². The van der Waals surface area contributed by atoms with Crippen LogP contribution in [0.5, 0.6) is 17.2 Å². The molecule has 0 unspecified atom stereocenters. The van der Waals surface area contributed by atoms with Gasteiger partial charge in [-0.15, -0.1) is 0 Å². The molecule has 1 aromatic rings. The third-order valence-electron chi connectivity index (χ3n) is 4.41. The van der Waals surface area contributed by atoms with E-state index in [4.69, 9.17) is 23.7 Å². The number of ether oxygens (including phenoxy) is 5. The molecule has 2 N–H and O–H groups in total. The van der Waals surface area contributed by atoms with Gasteiger partial charge in [0.25, 0.3) is 0 Å². The summed E-state index contributed by atoms with van der Waals surface area (Å²) in [6, 6.07) is 1.86. The molecule has 164 valence electrons. The minimum absolute atomic E-state index is 0.125. The van der Waals surface area contributed by atoms with Crippen LogP contribution in [-0.2, 0) is 19.1 Å². The van der Waals surface area contributed by atoms with Crippen LogP contribution in [0.1, 0.15) is 32.4 Å². The van der Waals surface area contributed by atoms with Crippen LogP contribution in [0.25, 0.3) is 0 Å². The van der Waals surface area contributed by atoms with Gasteiger partial charge in [-0.2, -0.15) is 0 Å². The standard InChI is InChI=1S/C20H26N2O8/c1-7-29-18(23)11(3)30-19(24)15-10(2)21-20(25)22-16(15)12-8-13(26-4)17(28-6)14(9-12)27-5/h8-9,11,16H,7H2,1-6H3,(H2,21,22,25)/t11-,16+/m0/s1. The van der Waals surface area contributed by atoms with Crippen molar-refractivity contribution in [2.45, 2.75) is 32.9 Å². The maximum atomic E-state index is 12.9. The van der Waals surface area contributed by atoms with Crippen LogP contribution in [0.2, 0.25) is 0 Å². The highest BCUT2D eigenvalue weighted by Gasteiger charge is 2.35. The van der Waals surface area contributed by atoms with Crippen LogP contribution in [0.4, 0.5) is 4.79 Å². The second kappa shape index (κ2) is 9.86. The molecule has 0 bridgehead atoms. The average molecular weight is 422 g/mol. The molecule has 1 aromatic carbocycles. The van der Waals surface area contributed by atoms with Crippen molar-refractivity contribution in [2.75, 3.05) is 27.9 Å². The molecule has 2 amide bonds. The Bertz CT molecular complexity index is 839. The van der Waals surface area contributed by atoms with Gasteiger partial charge in [-0.25, -0.2) is 14.4 Å². The molecule has 0 saturated heterocycles. The highest BCUT2D eigenvalue weighted by atomic mass is 16.6. The average Bonchev–Trinajstić information content (AvgIpc) is 2.71. The third-order valence-corrected chi connectivity index (χ3v) is 4.41. The van der Waals surface area contributed by atoms with Crippen molar-refractivity contribution in [1.29, 1.82) is 0 Å². The van der Waals surface area contributed by atoms with E-state index < -0.39 is 30.1 Å². The molecule has 0 aliphatic carbocycles. The van der Waals surface area contributed by atoms with Gasteiger partial charge in [0.15, 0.2) is 17.6 Å². The number of nitrogens with one attached hydrogen (secondary N) is 2. The van der Waals surface area contributed by atoms with Gasteiger partial charge in [-0.1, -0.05) is 0 Å². The molecule has 0 aromatic heterocycles. The fraction of sp³-hybridized carbons (Fsp3) is 0.450. The molecule has 0 fully saturated rings. The SMILES string of the molecule is CCOC(=O)[C@H](C)OC(=O)C1=C(C)NC(=O)N[C@@H]1c1cc(OC)c(OC)c(OC)c1. The van der Waals surface area contributed by atoms with Gasteiger partial charge >= 0.3 is 18.0 Å². The zero-order valence-corrected chi connectivity index (χ0v) is 17.8. The molecule has 2 atom stereocenters. The second-order valence-corrected chi connectivity index (χ2v) is 6.33. The molecule has 2 rings (SSSR count). The first kappa shape index (κ1) is 22.9. The summed E-state index contributed by atoms with van der Waals surface area (Å²) in [7, 11) is 4.38. The smallest absolute Gasteiger partial charge is 0.347 e. The minimum Gasteiger partial charge on any atom is -0.493 e. The Balaban J connectivity index is 2.47. The maximum absolute atomic E-state index is 12.9. The van der Waals surface area contributed by atoms with Gasteiger partial charge in [-0.3, -0.25) is 0 Å². The summed E-state index contributed by atoms with van der Waals surface area (Å²) >= 11 is 0. The number of allylic oxidation sites excluding steroid dienone is 1. The van der Waals surface area contributed by atoms with Crippen LogP contribution >= 0.6 is 0 Å². The second-order valence-electron chi connectivity index (χ2n) is 6.33. The Hall–Kier alpha value is -3.43. The number of rotatable bonds is 8. The Morgan fingerprint density at radius 3 is 2.20 bits per heavy atom. The first-order valence-electron chi connectivity index (χ1n) is 9.23. The number of benzene rings is 1. The summed E-state index contributed by atoms with van der Waals surface area (Å²) in [5, 5.41) is 5.23. The predicted octanol–water partition coefficient (Wildman–Crippen LogP) is 1.84. The zero-order chi connectivity index (χ0) is 22.4. The highest BCUT2D eigenvalue weighted by molar-refractivity contribution is 5.96. The van der Waals surface area contributed by atoms with E-state index in [9.17, 15) is 14.4 Å². The summed E-state index contributed by atoms with van der Waals surface area (Å²) in [5.41, 5.74) is 0.910. The van der Waals surface area contributed by atoms with E-state index in [1.54, 1.807) is 26.0 Å². The Kier molecular flexibility index (Phi) is 7.51. The Morgan fingerprint density at radius 2 is 1.70 bits per heavy atom. The van der Waals surface area contributed by atoms with Gasteiger partial charge in [0.05, 0.1) is 39.6 Å². The number of hydrogen-bond acceptors (Lipinski definition) is 8. The topological polar surface area (TPSA) is 121 Å². The first-order chi connectivity index (χ1) is 14.3. The van der Waals surface area contributed by atoms with Crippen molar-refractivity contribution in [3.8, 4) is 17.2 Å². The Labute approximate surface area is 174 Å². The van der Waals surface area contributed by atoms with Crippen molar-refractivity contribution < 1.29 is 38.1 Å². The monoisotopic (exact) mass is 422 g/mol. The molecule has 0 radical (unpaired) electrons. The van der Waals surface area contributed by atoms with Gasteiger partial charge in [0, 0.05) is 5.70 Å². The van der Waals surface area contributed by atoms with Gasteiger partial charge in [0.2, 0.25) is 5.75 Å². The molecule has 1 aliphatic heterocycles. The fourth-order valence-corrected chi connectivity index (χ4v) is 3.01. The molecule has 30 heavy (non-hydrogen) atoms. The van der Waals surface area contributed by atoms with Crippen LogP contribution in [0, 0.1) is 0 Å². The van der Waals surface area contributed by atoms with Gasteiger partial charge in [-0.05, 0) is 38.5 Å². The molecule has 10 heteroatoms. The van der Waals surface area contributed by atoms with E-state index in [1.165, 1.54) is 28.3 Å². The van der Waals surface area contributed by atoms with E-state index in [0.717, 1.165) is 0 Å². The van der Waals surface area contributed by atoms with E-state index in [1.807, 2.05) is 0 Å². The molecule has 1 heterocycles. The maximum Gasteiger partial charge on any atom is 0.347 e. The summed E-state index contributed by atoms with van der Waals surface area (Å²) < 4.78 is 26.2. The molecule has 1 aliphatic rings. The number of hydrogen-bond donors (Lipinski definition) is 2. The number of methoxy groups -OCH3 is 3. The van der Waals surface area contributed by atoms with Crippen molar-refractivity contribution >= 4 is 18.0 Å². The predicted molar refractivity (Wildman–Crippen MR) is 105 cm³/mol. The van der Waals surface area contributed by atoms with E-state index in [2.05, 4.69) is 10.6 Å². The highest BCUT2D eigenvalue weighted by Crippen LogP contribution is 2.41. The van der Waals surface area contributed by atoms with Crippen molar-refractivity contribution in [2.24, 2.45) is 0 Å². The molecule has 0 spiro atoms. The number of amides is 2. The lowest BCUT2D eigenvalue weighted by Gasteiger charge is -2.29. The van der Waals surface area contributed by atoms with Crippen LogP contribution in [-0.4, -0.2) is 52.0 Å². The number of carbonyl (C=O) groups excluding carboxylic acids is 3. The Morgan fingerprint density at radius 1 is 1.10 bits per heavy atom. The first-order valence-corrected chi connectivity index (χ1v) is 9.23. The van der Waals surface area contributed by atoms with Gasteiger partial charge in [0.1, 0.15) is 0 Å². The molecular formula is C20H26N2O8. The van der Waals surface area contributed by atoms with Crippen molar-refractivity contribution in [1.82, 2.24) is 10.6 Å². The summed E-state index contributed by atoms with van der Waals surface area (Å²) in [6.45, 7) is 4.79. The molecule has 10 nitrogen and oxygen atoms in total. The van der Waals surface area contributed by atoms with Crippen LogP contribution < -0.4 is 24.8 Å². The lowest BCUT2D eigenvalue weighted by molar-refractivity contribution is -0.164. The summed E-state index contributed by atoms with van der Waals surface area (Å²) in [6.07, 6.45) is -1.11. The lowest BCUT2D eigenvalue weighted by Crippen LogP contribution is -2.45. The third kappa shape index (κ3) is 4.76. The minimum atomic E-state index is -1.11. The number of carbonyl (C=O) groups is 3. The zero-order valence-electron chi connectivity index (χ0n) is 17.8. The lowest BCUT2D eigenvalue weighted by atomic mass is 9.95. The molecular weight excluding hydrogens is 396 g/mol. The van der Waals surface area contributed by atoms with Crippen molar-refractivity contribution in [3.05, 3.63) is 29.0 Å². The summed E-state index contributed by atoms with van der Waals surface area (Å²) in [5.74, 6) is -0.375. The van der Waals surface area contributed by atoms with E-state index in [0.29, 0.717) is 28.5 Å². The number of urea groups is 1. The molecule has 0 saturated carbocycles.